The molecule has 0 bridgehead atoms. The zero-order valence-electron chi connectivity index (χ0n) is 30.4. The summed E-state index contributed by atoms with van der Waals surface area (Å²) in [6.45, 7) is 14.5. The van der Waals surface area contributed by atoms with Gasteiger partial charge in [-0.25, -0.2) is 0 Å². The Morgan fingerprint density at radius 2 is 1.34 bits per heavy atom. The van der Waals surface area contributed by atoms with Gasteiger partial charge in [-0.1, -0.05) is 99.5 Å². The van der Waals surface area contributed by atoms with Crippen LogP contribution in [0.4, 0.5) is 0 Å². The Labute approximate surface area is 296 Å². The van der Waals surface area contributed by atoms with Crippen molar-refractivity contribution in [2.75, 3.05) is 20.3 Å². The Hall–Kier alpha value is -4.54. The fourth-order valence-corrected chi connectivity index (χ4v) is 10.2. The lowest BCUT2D eigenvalue weighted by atomic mass is 9.52. The molecule has 4 heteroatoms. The third-order valence-corrected chi connectivity index (χ3v) is 11.3. The highest BCUT2D eigenvalue weighted by Crippen LogP contribution is 2.67. The number of benzene rings is 5. The summed E-state index contributed by atoms with van der Waals surface area (Å²) in [6, 6.07) is 30.4. The molecule has 1 heterocycles. The Bertz CT molecular complexity index is 2140. The van der Waals surface area contributed by atoms with Gasteiger partial charge in [-0.2, -0.15) is 0 Å². The van der Waals surface area contributed by atoms with Gasteiger partial charge in [0.2, 0.25) is 0 Å². The number of fused-ring (bicyclic) bond motifs is 10. The maximum Gasteiger partial charge on any atom is 0.178 e. The lowest BCUT2D eigenvalue weighted by Crippen LogP contribution is -2.44. The van der Waals surface area contributed by atoms with Crippen LogP contribution < -0.4 is 14.2 Å². The predicted octanol–water partition coefficient (Wildman–Crippen LogP) is 10.7. The van der Waals surface area contributed by atoms with Crippen molar-refractivity contribution in [1.29, 1.82) is 0 Å². The first-order valence-corrected chi connectivity index (χ1v) is 18.0. The van der Waals surface area contributed by atoms with Crippen molar-refractivity contribution >= 4 is 16.8 Å². The van der Waals surface area contributed by atoms with Gasteiger partial charge in [0.05, 0.1) is 13.7 Å². The van der Waals surface area contributed by atoms with E-state index in [1.807, 2.05) is 24.3 Å². The topological polar surface area (TPSA) is 47.9 Å². The first-order valence-electron chi connectivity index (χ1n) is 18.0. The van der Waals surface area contributed by atoms with Gasteiger partial charge in [-0.15, -0.1) is 0 Å². The molecule has 0 radical (unpaired) electrons. The molecule has 5 aromatic carbocycles. The van der Waals surface area contributed by atoms with E-state index in [0.29, 0.717) is 5.75 Å². The summed E-state index contributed by atoms with van der Waals surface area (Å²) in [5, 5.41) is 11.7. The number of ether oxygens (including phenoxy) is 3. The standard InChI is InChI=1S/C46H48O4/c1-29-8-18-35-38(24-29)42-37(41-40(35)36-19-9-30(2)25-39(36)45(41)27-43(3,4)26-44(5,6)28-45)20-21-46(50-42,31-10-14-33(48-7)15-11-31)32-12-16-34(17-13-32)49-23-22-47/h8-21,24-25,47H,22-23,26-28H2,1-7H3. The molecule has 2 aliphatic carbocycles. The van der Waals surface area contributed by atoms with Crippen molar-refractivity contribution in [3.05, 3.63) is 130 Å². The number of aliphatic hydroxyl groups is 1. The molecule has 0 saturated heterocycles. The highest BCUT2D eigenvalue weighted by Gasteiger charge is 2.55. The maximum atomic E-state index is 9.34. The summed E-state index contributed by atoms with van der Waals surface area (Å²) >= 11 is 0. The molecule has 0 amide bonds. The molecule has 1 atom stereocenters. The molecule has 1 fully saturated rings. The van der Waals surface area contributed by atoms with E-state index in [0.717, 1.165) is 40.9 Å². The minimum atomic E-state index is -0.903. The Kier molecular flexibility index (Phi) is 7.51. The van der Waals surface area contributed by atoms with Gasteiger partial charge < -0.3 is 19.3 Å². The van der Waals surface area contributed by atoms with E-state index < -0.39 is 5.60 Å². The van der Waals surface area contributed by atoms with Gasteiger partial charge in [0, 0.05) is 27.5 Å². The van der Waals surface area contributed by atoms with Crippen LogP contribution in [0.3, 0.4) is 0 Å². The van der Waals surface area contributed by atoms with E-state index in [4.69, 9.17) is 14.2 Å². The predicted molar refractivity (Wildman–Crippen MR) is 204 cm³/mol. The molecule has 4 nitrogen and oxygen atoms in total. The normalized spacial score (nSPS) is 20.6. The summed E-state index contributed by atoms with van der Waals surface area (Å²) in [5.74, 6) is 2.45. The summed E-state index contributed by atoms with van der Waals surface area (Å²) in [6.07, 6.45) is 8.00. The third-order valence-electron chi connectivity index (χ3n) is 11.3. The number of rotatable bonds is 6. The monoisotopic (exact) mass is 664 g/mol. The Morgan fingerprint density at radius 1 is 0.720 bits per heavy atom. The Morgan fingerprint density at radius 3 is 1.98 bits per heavy atom. The van der Waals surface area contributed by atoms with Crippen LogP contribution in [0, 0.1) is 24.7 Å². The van der Waals surface area contributed by atoms with Gasteiger partial charge in [0.25, 0.3) is 0 Å². The van der Waals surface area contributed by atoms with Crippen molar-refractivity contribution in [3.8, 4) is 28.4 Å². The zero-order chi connectivity index (χ0) is 35.1. The number of methoxy groups -OCH3 is 1. The highest BCUT2D eigenvalue weighted by atomic mass is 16.5. The smallest absolute Gasteiger partial charge is 0.178 e. The molecule has 1 aliphatic heterocycles. The first-order chi connectivity index (χ1) is 23.9. The molecular formula is C46H48O4. The number of aryl methyl sites for hydroxylation is 2. The van der Waals surface area contributed by atoms with Crippen LogP contribution in [0.15, 0.2) is 91.0 Å². The van der Waals surface area contributed by atoms with Gasteiger partial charge in [-0.3, -0.25) is 0 Å². The molecule has 0 aromatic heterocycles. The van der Waals surface area contributed by atoms with Gasteiger partial charge in [-0.05, 0) is 108 Å². The van der Waals surface area contributed by atoms with E-state index in [9.17, 15) is 5.11 Å². The molecule has 1 N–H and O–H groups in total. The van der Waals surface area contributed by atoms with Crippen molar-refractivity contribution in [2.45, 2.75) is 71.8 Å². The second-order valence-electron chi connectivity index (χ2n) is 16.5. The van der Waals surface area contributed by atoms with Crippen LogP contribution in [0.1, 0.15) is 85.9 Å². The van der Waals surface area contributed by atoms with Crippen molar-refractivity contribution in [3.63, 3.8) is 0 Å². The molecule has 5 aromatic rings. The van der Waals surface area contributed by atoms with Gasteiger partial charge >= 0.3 is 0 Å². The van der Waals surface area contributed by atoms with Crippen molar-refractivity contribution in [2.24, 2.45) is 10.8 Å². The molecule has 1 spiro atoms. The van der Waals surface area contributed by atoms with E-state index >= 15 is 0 Å². The summed E-state index contributed by atoms with van der Waals surface area (Å²) in [7, 11) is 1.70. The Balaban J connectivity index is 1.43. The summed E-state index contributed by atoms with van der Waals surface area (Å²) < 4.78 is 19.0. The number of aliphatic hydroxyl groups excluding tert-OH is 1. The van der Waals surface area contributed by atoms with E-state index in [-0.39, 0.29) is 29.5 Å². The first kappa shape index (κ1) is 32.7. The van der Waals surface area contributed by atoms with Crippen molar-refractivity contribution in [1.82, 2.24) is 0 Å². The quantitative estimate of drug-likeness (QED) is 0.196. The lowest BCUT2D eigenvalue weighted by molar-refractivity contribution is 0.0641. The minimum absolute atomic E-state index is 0.0315. The molecule has 1 saturated carbocycles. The van der Waals surface area contributed by atoms with Gasteiger partial charge in [0.15, 0.2) is 5.60 Å². The molecule has 1 unspecified atom stereocenters. The number of hydrogen-bond donors (Lipinski definition) is 1. The van der Waals surface area contributed by atoms with E-state index in [1.165, 1.54) is 50.8 Å². The van der Waals surface area contributed by atoms with Crippen LogP contribution in [0.2, 0.25) is 0 Å². The molecule has 3 aliphatic rings. The number of hydrogen-bond acceptors (Lipinski definition) is 4. The van der Waals surface area contributed by atoms with Crippen LogP contribution in [-0.4, -0.2) is 25.4 Å². The lowest BCUT2D eigenvalue weighted by Gasteiger charge is -2.52. The molecule has 8 rings (SSSR count). The van der Waals surface area contributed by atoms with E-state index in [1.54, 1.807) is 7.11 Å². The van der Waals surface area contributed by atoms with Crippen LogP contribution in [-0.2, 0) is 11.0 Å². The van der Waals surface area contributed by atoms with Crippen LogP contribution >= 0.6 is 0 Å². The highest BCUT2D eigenvalue weighted by molar-refractivity contribution is 6.09. The largest absolute Gasteiger partial charge is 0.497 e. The fourth-order valence-electron chi connectivity index (χ4n) is 10.2. The SMILES string of the molecule is COc1ccc(C2(c3ccc(OCCO)cc3)C=Cc3c4c(c5ccc(C)cc5c3O2)-c2ccc(C)cc2C42CC(C)(C)CC(C)(C)C2)cc1. The van der Waals surface area contributed by atoms with Crippen LogP contribution in [0.5, 0.6) is 17.2 Å². The summed E-state index contributed by atoms with van der Waals surface area (Å²) in [4.78, 5) is 0. The maximum absolute atomic E-state index is 9.34. The van der Waals surface area contributed by atoms with Crippen LogP contribution in [0.25, 0.3) is 28.0 Å². The zero-order valence-corrected chi connectivity index (χ0v) is 30.4. The van der Waals surface area contributed by atoms with E-state index in [2.05, 4.69) is 114 Å². The summed E-state index contributed by atoms with van der Waals surface area (Å²) in [5.41, 5.74) is 10.6. The third kappa shape index (κ3) is 5.06. The van der Waals surface area contributed by atoms with Crippen molar-refractivity contribution < 1.29 is 19.3 Å². The average molecular weight is 665 g/mol. The molecular weight excluding hydrogens is 617 g/mol. The molecule has 256 valence electrons. The fraction of sp³-hybridized carbons (Fsp3) is 0.348. The second kappa shape index (κ2) is 11.5. The van der Waals surface area contributed by atoms with Gasteiger partial charge in [0.1, 0.15) is 23.9 Å². The molecule has 50 heavy (non-hydrogen) atoms. The minimum Gasteiger partial charge on any atom is -0.497 e. The second-order valence-corrected chi connectivity index (χ2v) is 16.5. The average Bonchev–Trinajstić information content (AvgIpc) is 3.33.